The molecule has 96 valence electrons. The maximum absolute atomic E-state index is 13.5. The van der Waals surface area contributed by atoms with Crippen LogP contribution >= 0.6 is 0 Å². The molecule has 0 aliphatic heterocycles. The summed E-state index contributed by atoms with van der Waals surface area (Å²) in [7, 11) is 1.85. The molecule has 1 aromatic carbocycles. The molecule has 0 atom stereocenters. The maximum atomic E-state index is 13.5. The lowest BCUT2D eigenvalue weighted by atomic mass is 10.2. The molecule has 5 heteroatoms. The maximum Gasteiger partial charge on any atom is 0.131 e. The van der Waals surface area contributed by atoms with Crippen LogP contribution in [0.3, 0.4) is 0 Å². The molecule has 0 amide bonds. The summed E-state index contributed by atoms with van der Waals surface area (Å²) in [6.07, 6.45) is 0. The summed E-state index contributed by atoms with van der Waals surface area (Å²) in [5.41, 5.74) is 3.16. The van der Waals surface area contributed by atoms with E-state index < -0.39 is 11.6 Å². The molecule has 0 aliphatic carbocycles. The van der Waals surface area contributed by atoms with E-state index in [-0.39, 0.29) is 0 Å². The van der Waals surface area contributed by atoms with E-state index in [1.807, 2.05) is 20.9 Å². The molecule has 1 heterocycles. The van der Waals surface area contributed by atoms with Crippen LogP contribution < -0.4 is 5.32 Å². The molecule has 0 radical (unpaired) electrons. The fraction of sp³-hybridized carbons (Fsp3) is 0.308. The van der Waals surface area contributed by atoms with Crippen LogP contribution in [-0.2, 0) is 13.6 Å². The summed E-state index contributed by atoms with van der Waals surface area (Å²) in [6, 6.07) is 3.59. The molecule has 0 spiro atoms. The number of nitrogens with one attached hydrogen (secondary N) is 1. The van der Waals surface area contributed by atoms with Crippen LogP contribution in [0.15, 0.2) is 18.2 Å². The summed E-state index contributed by atoms with van der Waals surface area (Å²) >= 11 is 0. The van der Waals surface area contributed by atoms with Crippen molar-refractivity contribution < 1.29 is 8.78 Å². The average molecular weight is 251 g/mol. The molecular weight excluding hydrogens is 236 g/mol. The van der Waals surface area contributed by atoms with Crippen molar-refractivity contribution >= 4 is 5.69 Å². The minimum absolute atomic E-state index is 0.305. The Kier molecular flexibility index (Phi) is 3.32. The van der Waals surface area contributed by atoms with E-state index in [0.29, 0.717) is 12.1 Å². The Morgan fingerprint density at radius 2 is 2.00 bits per heavy atom. The van der Waals surface area contributed by atoms with E-state index >= 15 is 0 Å². The minimum atomic E-state index is -0.565. The van der Waals surface area contributed by atoms with Gasteiger partial charge in [-0.1, -0.05) is 6.07 Å². The van der Waals surface area contributed by atoms with Crippen LogP contribution in [0.5, 0.6) is 0 Å². The number of rotatable bonds is 3. The van der Waals surface area contributed by atoms with Gasteiger partial charge in [0.15, 0.2) is 0 Å². The molecule has 0 bridgehead atoms. The van der Waals surface area contributed by atoms with Crippen LogP contribution in [0.25, 0.3) is 0 Å². The number of nitrogens with zero attached hydrogens (tertiary/aromatic N) is 2. The van der Waals surface area contributed by atoms with Gasteiger partial charge in [-0.15, -0.1) is 0 Å². The van der Waals surface area contributed by atoms with Gasteiger partial charge in [-0.2, -0.15) is 5.10 Å². The Balaban J connectivity index is 2.16. The lowest BCUT2D eigenvalue weighted by molar-refractivity contribution is 0.574. The van der Waals surface area contributed by atoms with Gasteiger partial charge in [0, 0.05) is 25.2 Å². The molecule has 1 aromatic heterocycles. The van der Waals surface area contributed by atoms with E-state index in [9.17, 15) is 8.78 Å². The summed E-state index contributed by atoms with van der Waals surface area (Å²) in [4.78, 5) is 0. The SMILES string of the molecule is Cc1nn(C)c(C)c1NCc1ccc(F)cc1F. The molecule has 1 N–H and O–H groups in total. The first-order valence-corrected chi connectivity index (χ1v) is 5.67. The van der Waals surface area contributed by atoms with Crippen LogP contribution in [0.2, 0.25) is 0 Å². The third-order valence-electron chi connectivity index (χ3n) is 2.98. The number of anilines is 1. The van der Waals surface area contributed by atoms with E-state index in [1.54, 1.807) is 4.68 Å². The summed E-state index contributed by atoms with van der Waals surface area (Å²) in [5.74, 6) is -1.10. The molecule has 0 aliphatic rings. The second-order valence-corrected chi connectivity index (χ2v) is 4.26. The summed E-state index contributed by atoms with van der Waals surface area (Å²) < 4.78 is 28.0. The lowest BCUT2D eigenvalue weighted by Crippen LogP contribution is -2.04. The number of benzene rings is 1. The van der Waals surface area contributed by atoms with Gasteiger partial charge in [0.1, 0.15) is 11.6 Å². The third-order valence-corrected chi connectivity index (χ3v) is 2.98. The topological polar surface area (TPSA) is 29.9 Å². The van der Waals surface area contributed by atoms with Crippen molar-refractivity contribution in [1.29, 1.82) is 0 Å². The molecular formula is C13H15F2N3. The Morgan fingerprint density at radius 3 is 2.56 bits per heavy atom. The molecule has 2 aromatic rings. The van der Waals surface area contributed by atoms with Gasteiger partial charge in [-0.25, -0.2) is 8.78 Å². The van der Waals surface area contributed by atoms with Crippen molar-refractivity contribution in [2.24, 2.45) is 7.05 Å². The summed E-state index contributed by atoms with van der Waals surface area (Å²) in [6.45, 7) is 4.12. The van der Waals surface area contributed by atoms with Gasteiger partial charge in [0.25, 0.3) is 0 Å². The highest BCUT2D eigenvalue weighted by Crippen LogP contribution is 2.20. The van der Waals surface area contributed by atoms with Crippen molar-refractivity contribution in [2.75, 3.05) is 5.32 Å². The minimum Gasteiger partial charge on any atom is -0.378 e. The van der Waals surface area contributed by atoms with E-state index in [4.69, 9.17) is 0 Å². The second-order valence-electron chi connectivity index (χ2n) is 4.26. The van der Waals surface area contributed by atoms with Gasteiger partial charge in [0.2, 0.25) is 0 Å². The first kappa shape index (κ1) is 12.5. The number of hydrogen-bond donors (Lipinski definition) is 1. The fourth-order valence-electron chi connectivity index (χ4n) is 1.88. The van der Waals surface area contributed by atoms with E-state index in [2.05, 4.69) is 10.4 Å². The van der Waals surface area contributed by atoms with Gasteiger partial charge in [-0.3, -0.25) is 4.68 Å². The van der Waals surface area contributed by atoms with Gasteiger partial charge in [0.05, 0.1) is 17.1 Å². The predicted octanol–water partition coefficient (Wildman–Crippen LogP) is 2.93. The van der Waals surface area contributed by atoms with Crippen LogP contribution in [0, 0.1) is 25.5 Å². The highest BCUT2D eigenvalue weighted by Gasteiger charge is 2.10. The standard InChI is InChI=1S/C13H15F2N3/c1-8-13(9(2)18(3)17-8)16-7-10-4-5-11(14)6-12(10)15/h4-6,16H,7H2,1-3H3. The number of aromatic nitrogens is 2. The molecule has 0 saturated heterocycles. The molecule has 0 unspecified atom stereocenters. The molecule has 18 heavy (non-hydrogen) atoms. The highest BCUT2D eigenvalue weighted by atomic mass is 19.1. The van der Waals surface area contributed by atoms with Gasteiger partial charge in [-0.05, 0) is 19.9 Å². The predicted molar refractivity (Wildman–Crippen MR) is 66.4 cm³/mol. The lowest BCUT2D eigenvalue weighted by Gasteiger charge is -2.08. The van der Waals surface area contributed by atoms with Gasteiger partial charge < -0.3 is 5.32 Å². The fourth-order valence-corrected chi connectivity index (χ4v) is 1.88. The zero-order chi connectivity index (χ0) is 13.3. The van der Waals surface area contributed by atoms with Crippen molar-refractivity contribution in [3.05, 3.63) is 46.8 Å². The van der Waals surface area contributed by atoms with Crippen molar-refractivity contribution in [2.45, 2.75) is 20.4 Å². The van der Waals surface area contributed by atoms with Crippen molar-refractivity contribution in [1.82, 2.24) is 9.78 Å². The zero-order valence-corrected chi connectivity index (χ0v) is 10.6. The largest absolute Gasteiger partial charge is 0.378 e. The first-order chi connectivity index (χ1) is 8.49. The Labute approximate surface area is 104 Å². The van der Waals surface area contributed by atoms with E-state index in [1.165, 1.54) is 12.1 Å². The van der Waals surface area contributed by atoms with E-state index in [0.717, 1.165) is 23.1 Å². The average Bonchev–Trinajstić information content (AvgIpc) is 2.53. The molecule has 0 saturated carbocycles. The third kappa shape index (κ3) is 2.34. The summed E-state index contributed by atoms with van der Waals surface area (Å²) in [5, 5.41) is 7.39. The second kappa shape index (κ2) is 4.76. The number of halogens is 2. The van der Waals surface area contributed by atoms with Crippen LogP contribution in [0.1, 0.15) is 17.0 Å². The normalized spacial score (nSPS) is 10.7. The van der Waals surface area contributed by atoms with Gasteiger partial charge >= 0.3 is 0 Å². The Morgan fingerprint density at radius 1 is 1.28 bits per heavy atom. The van der Waals surface area contributed by atoms with Crippen molar-refractivity contribution in [3.63, 3.8) is 0 Å². The smallest absolute Gasteiger partial charge is 0.131 e. The van der Waals surface area contributed by atoms with Crippen molar-refractivity contribution in [3.8, 4) is 0 Å². The Hall–Kier alpha value is -1.91. The zero-order valence-electron chi connectivity index (χ0n) is 10.6. The highest BCUT2D eigenvalue weighted by molar-refractivity contribution is 5.52. The molecule has 0 fully saturated rings. The quantitative estimate of drug-likeness (QED) is 0.909. The first-order valence-electron chi connectivity index (χ1n) is 5.67. The Bertz CT molecular complexity index is 576. The molecule has 2 rings (SSSR count). The van der Waals surface area contributed by atoms with Crippen LogP contribution in [0.4, 0.5) is 14.5 Å². The number of hydrogen-bond acceptors (Lipinski definition) is 2. The number of aryl methyl sites for hydroxylation is 2. The van der Waals surface area contributed by atoms with Crippen LogP contribution in [-0.4, -0.2) is 9.78 Å². The monoisotopic (exact) mass is 251 g/mol. The molecule has 3 nitrogen and oxygen atoms in total.